The molecule has 1 aromatic heterocycles. The number of carbonyl (C=O) groups excluding carboxylic acids is 1. The SMILES string of the molecule is C=C(C)C(=NC(=N)c1cccc(-c2ccn[nH]2)c1)N1CCC(CNC(=O)c2cc(OC)cc(OCCCOC)c2)CC1. The summed E-state index contributed by atoms with van der Waals surface area (Å²) in [4.78, 5) is 19.9. The van der Waals surface area contributed by atoms with Crippen molar-refractivity contribution in [2.45, 2.75) is 26.2 Å². The fourth-order valence-corrected chi connectivity index (χ4v) is 4.84. The second-order valence-corrected chi connectivity index (χ2v) is 10.3. The molecule has 0 atom stereocenters. The number of rotatable bonds is 12. The number of piperidine rings is 1. The Kier molecular flexibility index (Phi) is 10.9. The second kappa shape index (κ2) is 15.0. The molecule has 4 rings (SSSR count). The zero-order valence-corrected chi connectivity index (χ0v) is 24.6. The van der Waals surface area contributed by atoms with E-state index in [4.69, 9.17) is 19.6 Å². The predicted molar refractivity (Wildman–Crippen MR) is 165 cm³/mol. The van der Waals surface area contributed by atoms with Gasteiger partial charge in [0.2, 0.25) is 0 Å². The van der Waals surface area contributed by atoms with E-state index in [1.807, 2.05) is 37.3 Å². The van der Waals surface area contributed by atoms with Crippen LogP contribution < -0.4 is 14.8 Å². The van der Waals surface area contributed by atoms with Crippen molar-refractivity contribution in [1.82, 2.24) is 20.4 Å². The minimum absolute atomic E-state index is 0.159. The van der Waals surface area contributed by atoms with E-state index in [0.29, 0.717) is 42.7 Å². The Labute approximate surface area is 247 Å². The van der Waals surface area contributed by atoms with Crippen molar-refractivity contribution >= 4 is 17.6 Å². The molecule has 0 unspecified atom stereocenters. The molecule has 10 nitrogen and oxygen atoms in total. The monoisotopic (exact) mass is 572 g/mol. The van der Waals surface area contributed by atoms with Gasteiger partial charge in [-0.15, -0.1) is 0 Å². The lowest BCUT2D eigenvalue weighted by Gasteiger charge is -2.34. The topological polar surface area (TPSA) is 125 Å². The number of aliphatic imine (C=N–C) groups is 1. The maximum Gasteiger partial charge on any atom is 0.251 e. The van der Waals surface area contributed by atoms with Crippen LogP contribution in [0.15, 0.2) is 71.9 Å². The van der Waals surface area contributed by atoms with E-state index in [1.165, 1.54) is 0 Å². The predicted octanol–water partition coefficient (Wildman–Crippen LogP) is 4.94. The van der Waals surface area contributed by atoms with E-state index in [2.05, 4.69) is 32.0 Å². The van der Waals surface area contributed by atoms with Gasteiger partial charge < -0.3 is 24.4 Å². The summed E-state index contributed by atoms with van der Waals surface area (Å²) in [7, 11) is 3.23. The molecule has 222 valence electrons. The van der Waals surface area contributed by atoms with Crippen LogP contribution in [0.5, 0.6) is 11.5 Å². The third-order valence-corrected chi connectivity index (χ3v) is 7.15. The van der Waals surface area contributed by atoms with Gasteiger partial charge in [-0.25, -0.2) is 4.99 Å². The first-order valence-electron chi connectivity index (χ1n) is 14.1. The van der Waals surface area contributed by atoms with E-state index in [-0.39, 0.29) is 11.7 Å². The number of amidine groups is 2. The van der Waals surface area contributed by atoms with Gasteiger partial charge >= 0.3 is 0 Å². The Morgan fingerprint density at radius 2 is 1.90 bits per heavy atom. The van der Waals surface area contributed by atoms with E-state index in [9.17, 15) is 4.79 Å². The van der Waals surface area contributed by atoms with Gasteiger partial charge in [0.05, 0.1) is 19.4 Å². The minimum atomic E-state index is -0.159. The number of methoxy groups -OCH3 is 2. The normalized spacial score (nSPS) is 14.0. The number of amides is 1. The van der Waals surface area contributed by atoms with Crippen LogP contribution >= 0.6 is 0 Å². The molecular weight excluding hydrogens is 532 g/mol. The fraction of sp³-hybridized carbons (Fsp3) is 0.375. The van der Waals surface area contributed by atoms with Crippen molar-refractivity contribution in [2.75, 3.05) is 47.1 Å². The van der Waals surface area contributed by atoms with Crippen molar-refractivity contribution in [2.24, 2.45) is 10.9 Å². The molecule has 0 bridgehead atoms. The average Bonchev–Trinajstić information content (AvgIpc) is 3.56. The van der Waals surface area contributed by atoms with Crippen LogP contribution in [0.3, 0.4) is 0 Å². The molecule has 1 aliphatic heterocycles. The number of carbonyl (C=O) groups is 1. The number of ether oxygens (including phenoxy) is 3. The Hall–Kier alpha value is -4.44. The van der Waals surface area contributed by atoms with E-state index < -0.39 is 0 Å². The largest absolute Gasteiger partial charge is 0.497 e. The van der Waals surface area contributed by atoms with Crippen LogP contribution in [0, 0.1) is 11.3 Å². The van der Waals surface area contributed by atoms with Gasteiger partial charge in [0.25, 0.3) is 5.91 Å². The number of benzene rings is 2. The molecule has 0 spiro atoms. The lowest BCUT2D eigenvalue weighted by Crippen LogP contribution is -2.42. The van der Waals surface area contributed by atoms with E-state index in [0.717, 1.165) is 60.6 Å². The molecular formula is C32H40N6O4. The van der Waals surface area contributed by atoms with Crippen molar-refractivity contribution in [1.29, 1.82) is 5.41 Å². The summed E-state index contributed by atoms with van der Waals surface area (Å²) in [5, 5.41) is 18.7. The Morgan fingerprint density at radius 1 is 1.12 bits per heavy atom. The first-order valence-corrected chi connectivity index (χ1v) is 14.1. The number of likely N-dealkylation sites (tertiary alicyclic amines) is 1. The maximum atomic E-state index is 13.0. The van der Waals surface area contributed by atoms with E-state index in [1.54, 1.807) is 38.6 Å². The molecule has 42 heavy (non-hydrogen) atoms. The van der Waals surface area contributed by atoms with Crippen LogP contribution in [0.25, 0.3) is 11.3 Å². The first kappa shape index (κ1) is 30.5. The zero-order valence-electron chi connectivity index (χ0n) is 24.6. The highest BCUT2D eigenvalue weighted by atomic mass is 16.5. The van der Waals surface area contributed by atoms with Crippen molar-refractivity contribution < 1.29 is 19.0 Å². The van der Waals surface area contributed by atoms with Gasteiger partial charge in [-0.3, -0.25) is 15.3 Å². The van der Waals surface area contributed by atoms with E-state index >= 15 is 0 Å². The third-order valence-electron chi connectivity index (χ3n) is 7.15. The molecule has 0 radical (unpaired) electrons. The molecule has 10 heteroatoms. The van der Waals surface area contributed by atoms with Crippen molar-refractivity contribution in [3.05, 3.63) is 78.0 Å². The zero-order chi connectivity index (χ0) is 29.9. The van der Waals surface area contributed by atoms with Crippen molar-refractivity contribution in [3.8, 4) is 22.8 Å². The standard InChI is InChI=1S/C32H40N6O4/c1-22(2)31(36-30(33)25-8-5-7-24(17-25)29-9-12-35-37-29)38-13-10-23(11-14-38)21-34-32(39)26-18-27(41-4)20-28(19-26)42-16-6-15-40-3/h5,7-9,12,17-20,23,33H,1,6,10-11,13-16,21H2,2-4H3,(H,34,39)(H,35,37). The average molecular weight is 573 g/mol. The first-order chi connectivity index (χ1) is 20.4. The van der Waals surface area contributed by atoms with Crippen LogP contribution in [0.1, 0.15) is 42.1 Å². The molecule has 1 amide bonds. The minimum Gasteiger partial charge on any atom is -0.497 e. The molecule has 3 aromatic rings. The summed E-state index contributed by atoms with van der Waals surface area (Å²) >= 11 is 0. The highest BCUT2D eigenvalue weighted by Crippen LogP contribution is 2.24. The summed E-state index contributed by atoms with van der Waals surface area (Å²) in [5.41, 5.74) is 3.87. The third kappa shape index (κ3) is 8.29. The highest BCUT2D eigenvalue weighted by Gasteiger charge is 2.23. The summed E-state index contributed by atoms with van der Waals surface area (Å²) in [6.45, 7) is 9.27. The van der Waals surface area contributed by atoms with Crippen LogP contribution in [0.2, 0.25) is 0 Å². The van der Waals surface area contributed by atoms with Gasteiger partial charge in [0, 0.05) is 68.7 Å². The molecule has 2 heterocycles. The summed E-state index contributed by atoms with van der Waals surface area (Å²) < 4.78 is 16.2. The number of hydrogen-bond donors (Lipinski definition) is 3. The lowest BCUT2D eigenvalue weighted by atomic mass is 9.96. The van der Waals surface area contributed by atoms with Gasteiger partial charge in [-0.05, 0) is 55.5 Å². The Morgan fingerprint density at radius 3 is 2.60 bits per heavy atom. The van der Waals surface area contributed by atoms with Crippen LogP contribution in [-0.2, 0) is 4.74 Å². The van der Waals surface area contributed by atoms with Gasteiger partial charge in [0.1, 0.15) is 17.3 Å². The second-order valence-electron chi connectivity index (χ2n) is 10.3. The number of H-pyrrole nitrogens is 1. The molecule has 1 fully saturated rings. The molecule has 2 aromatic carbocycles. The Bertz CT molecular complexity index is 1390. The maximum absolute atomic E-state index is 13.0. The number of aromatic nitrogens is 2. The van der Waals surface area contributed by atoms with Crippen molar-refractivity contribution in [3.63, 3.8) is 0 Å². The van der Waals surface area contributed by atoms with Gasteiger partial charge in [-0.2, -0.15) is 5.10 Å². The molecule has 3 N–H and O–H groups in total. The lowest BCUT2D eigenvalue weighted by molar-refractivity contribution is 0.0940. The van der Waals surface area contributed by atoms with Gasteiger partial charge in [0.15, 0.2) is 5.84 Å². The molecule has 0 aliphatic carbocycles. The number of hydrogen-bond acceptors (Lipinski definition) is 6. The quantitative estimate of drug-likeness (QED) is 0.160. The molecule has 0 saturated carbocycles. The molecule has 1 aliphatic rings. The highest BCUT2D eigenvalue weighted by molar-refractivity contribution is 6.10. The van der Waals surface area contributed by atoms with Crippen LogP contribution in [0.4, 0.5) is 0 Å². The number of nitrogens with zero attached hydrogens (tertiary/aromatic N) is 3. The number of nitrogens with one attached hydrogen (secondary N) is 3. The van der Waals surface area contributed by atoms with Gasteiger partial charge in [-0.1, -0.05) is 24.8 Å². The Balaban J connectivity index is 1.32. The summed E-state index contributed by atoms with van der Waals surface area (Å²) in [6.07, 6.45) is 4.24. The molecule has 1 saturated heterocycles. The summed E-state index contributed by atoms with van der Waals surface area (Å²) in [6, 6.07) is 14.8. The number of aromatic amines is 1. The smallest absolute Gasteiger partial charge is 0.251 e. The fourth-order valence-electron chi connectivity index (χ4n) is 4.84. The van der Waals surface area contributed by atoms with Crippen LogP contribution in [-0.4, -0.2) is 79.7 Å². The summed E-state index contributed by atoms with van der Waals surface area (Å²) in [5.74, 6) is 2.25.